The van der Waals surface area contributed by atoms with E-state index < -0.39 is 83.5 Å². The van der Waals surface area contributed by atoms with Gasteiger partial charge in [0.05, 0.1) is 6.61 Å². The first-order valence-corrected chi connectivity index (χ1v) is 25.8. The van der Waals surface area contributed by atoms with Gasteiger partial charge in [0.2, 0.25) is 0 Å². The zero-order chi connectivity index (χ0) is 47.6. The third-order valence-electron chi connectivity index (χ3n) is 10.0. The largest absolute Gasteiger partial charge is 0.472 e. The number of hydrogen-bond donors (Lipinski definition) is 7. The number of carbonyl (C=O) groups excluding carboxylic acids is 3. The summed E-state index contributed by atoms with van der Waals surface area (Å²) >= 11 is 0. The molecule has 0 aromatic carbocycles. The molecule has 17 nitrogen and oxygen atoms in total. The molecule has 1 aliphatic rings. The highest BCUT2D eigenvalue weighted by atomic mass is 31.2. The third kappa shape index (κ3) is 29.8. The molecule has 0 spiro atoms. The molecule has 0 radical (unpaired) electrons. The van der Waals surface area contributed by atoms with Crippen molar-refractivity contribution in [3.05, 3.63) is 60.8 Å². The molecule has 8 atom stereocenters. The van der Waals surface area contributed by atoms with Gasteiger partial charge in [-0.15, -0.1) is 0 Å². The molecule has 5 unspecified atom stereocenters. The Labute approximate surface area is 379 Å². The van der Waals surface area contributed by atoms with Gasteiger partial charge in [0, 0.05) is 19.3 Å². The van der Waals surface area contributed by atoms with Crippen molar-refractivity contribution >= 4 is 33.4 Å². The first-order valence-electron chi connectivity index (χ1n) is 22.8. The molecule has 1 fully saturated rings. The minimum absolute atomic E-state index is 0.00884. The zero-order valence-corrected chi connectivity index (χ0v) is 39.5. The summed E-state index contributed by atoms with van der Waals surface area (Å²) in [6.45, 7) is 2.83. The van der Waals surface area contributed by atoms with Crippen LogP contribution in [0.5, 0.6) is 0 Å². The van der Waals surface area contributed by atoms with Gasteiger partial charge in [0.25, 0.3) is 0 Å². The number of rotatable bonds is 37. The first-order chi connectivity index (χ1) is 30.5. The number of ketones is 1. The summed E-state index contributed by atoms with van der Waals surface area (Å²) in [4.78, 5) is 66.5. The van der Waals surface area contributed by atoms with E-state index in [0.717, 1.165) is 51.4 Å². The number of aliphatic hydroxyl groups is 4. The quantitative estimate of drug-likeness (QED) is 0.00795. The predicted octanol–water partition coefficient (Wildman–Crippen LogP) is 7.46. The fraction of sp³-hybridized carbons (Fsp3) is 0.711. The van der Waals surface area contributed by atoms with Gasteiger partial charge in [0.1, 0.15) is 43.2 Å². The van der Waals surface area contributed by atoms with Crippen molar-refractivity contribution in [1.29, 1.82) is 0 Å². The summed E-state index contributed by atoms with van der Waals surface area (Å²) in [5, 5.41) is 41.2. The lowest BCUT2D eigenvalue weighted by Crippen LogP contribution is -2.64. The molecule has 368 valence electrons. The SMILES string of the molecule is CCCCC/C=C\C/C=C\C/C=C\C=C\C(=O)CCCC(=O)O[C@H](COC(=O)CCCCCCC/C=C\CCCCCC)COP(=O)(O)O[C@H]1C(O)C(O)C(O)[C@@H](OP(=O)(O)O)C1O. The molecule has 1 rings (SSSR count). The summed E-state index contributed by atoms with van der Waals surface area (Å²) in [5.41, 5.74) is 0. The molecule has 0 amide bonds. The second-order valence-corrected chi connectivity index (χ2v) is 18.4. The van der Waals surface area contributed by atoms with Crippen molar-refractivity contribution in [1.82, 2.24) is 0 Å². The normalized spacial score (nSPS) is 22.3. The standard InChI is InChI=1S/C45H76O17P2/c1-3-5-7-9-11-13-15-17-19-21-23-25-27-30-36(46)31-29-33-39(48)60-37(34-58-38(47)32-28-26-24-22-20-18-16-14-12-10-8-6-4-2)35-59-64(56,57)62-45-42(51)40(49)41(50)44(43(45)52)61-63(53,54)55/h11,13-14,16-17,19,23,25,27,30,37,40-45,49-52H,3-10,12,15,18,20-22,24,26,28-29,31-35H2,1-2H3,(H,56,57)(H2,53,54,55)/b13-11-,16-14-,19-17-,25-23-,30-27+/t37-,40?,41?,42?,43?,44-,45+/m1/s1. The van der Waals surface area contributed by atoms with Crippen LogP contribution in [-0.4, -0.2) is 109 Å². The monoisotopic (exact) mass is 950 g/mol. The van der Waals surface area contributed by atoms with Crippen molar-refractivity contribution in [3.63, 3.8) is 0 Å². The van der Waals surface area contributed by atoms with E-state index in [1.165, 1.54) is 51.0 Å². The first kappa shape index (κ1) is 59.4. The number of phosphoric ester groups is 2. The molecule has 19 heteroatoms. The fourth-order valence-electron chi connectivity index (χ4n) is 6.44. The van der Waals surface area contributed by atoms with Gasteiger partial charge in [-0.1, -0.05) is 120 Å². The number of esters is 2. The number of aliphatic hydroxyl groups excluding tert-OH is 4. The molecular weight excluding hydrogens is 874 g/mol. The van der Waals surface area contributed by atoms with Crippen LogP contribution in [0.25, 0.3) is 0 Å². The average Bonchev–Trinajstić information content (AvgIpc) is 3.24. The lowest BCUT2D eigenvalue weighted by molar-refractivity contribution is -0.216. The van der Waals surface area contributed by atoms with E-state index in [4.69, 9.17) is 28.3 Å². The Bertz CT molecular complexity index is 1540. The highest BCUT2D eigenvalue weighted by molar-refractivity contribution is 7.47. The molecule has 64 heavy (non-hydrogen) atoms. The molecular formula is C45H76O17P2. The van der Waals surface area contributed by atoms with Crippen molar-refractivity contribution in [3.8, 4) is 0 Å². The molecule has 0 saturated heterocycles. The second kappa shape index (κ2) is 35.5. The van der Waals surface area contributed by atoms with Gasteiger partial charge in [-0.3, -0.25) is 28.0 Å². The van der Waals surface area contributed by atoms with E-state index in [0.29, 0.717) is 12.8 Å². The molecule has 7 N–H and O–H groups in total. The number of carbonyl (C=O) groups is 3. The molecule has 1 saturated carbocycles. The number of hydrogen-bond acceptors (Lipinski definition) is 14. The average molecular weight is 951 g/mol. The highest BCUT2D eigenvalue weighted by Crippen LogP contribution is 2.49. The van der Waals surface area contributed by atoms with Crippen LogP contribution in [0.1, 0.15) is 149 Å². The van der Waals surface area contributed by atoms with Gasteiger partial charge < -0.3 is 44.6 Å². The van der Waals surface area contributed by atoms with E-state index in [2.05, 4.69) is 48.8 Å². The smallest absolute Gasteiger partial charge is 0.462 e. The van der Waals surface area contributed by atoms with E-state index in [1.807, 2.05) is 12.2 Å². The molecule has 0 aliphatic heterocycles. The maximum atomic E-state index is 13.0. The predicted molar refractivity (Wildman–Crippen MR) is 241 cm³/mol. The molecule has 0 aromatic heterocycles. The van der Waals surface area contributed by atoms with Crippen molar-refractivity contribution in [2.24, 2.45) is 0 Å². The molecule has 0 heterocycles. The van der Waals surface area contributed by atoms with Crippen LogP contribution in [0.15, 0.2) is 60.8 Å². The lowest BCUT2D eigenvalue weighted by Gasteiger charge is -2.43. The minimum Gasteiger partial charge on any atom is -0.462 e. The second-order valence-electron chi connectivity index (χ2n) is 15.8. The maximum absolute atomic E-state index is 13.0. The number of allylic oxidation sites excluding steroid dienone is 10. The zero-order valence-electron chi connectivity index (χ0n) is 37.7. The van der Waals surface area contributed by atoms with Gasteiger partial charge in [-0.05, 0) is 70.3 Å². The van der Waals surface area contributed by atoms with Gasteiger partial charge in [0.15, 0.2) is 11.9 Å². The minimum atomic E-state index is -5.39. The molecule has 0 bridgehead atoms. The Morgan fingerprint density at radius 2 is 1.06 bits per heavy atom. The maximum Gasteiger partial charge on any atom is 0.472 e. The number of ether oxygens (including phenoxy) is 2. The summed E-state index contributed by atoms with van der Waals surface area (Å²) < 4.78 is 49.0. The van der Waals surface area contributed by atoms with Crippen LogP contribution in [0.4, 0.5) is 0 Å². The summed E-state index contributed by atoms with van der Waals surface area (Å²) in [6, 6.07) is 0. The summed E-state index contributed by atoms with van der Waals surface area (Å²) in [7, 11) is -10.8. The highest BCUT2D eigenvalue weighted by Gasteiger charge is 2.54. The Kier molecular flexibility index (Phi) is 33.0. The third-order valence-corrected chi connectivity index (χ3v) is 11.5. The van der Waals surface area contributed by atoms with Crippen molar-refractivity contribution < 1.29 is 81.7 Å². The van der Waals surface area contributed by atoms with Crippen LogP contribution < -0.4 is 0 Å². The van der Waals surface area contributed by atoms with Gasteiger partial charge >= 0.3 is 27.6 Å². The Morgan fingerprint density at radius 1 is 0.547 bits per heavy atom. The van der Waals surface area contributed by atoms with E-state index in [9.17, 15) is 48.8 Å². The molecule has 1 aliphatic carbocycles. The summed E-state index contributed by atoms with van der Waals surface area (Å²) in [6.07, 6.45) is 21.9. The van der Waals surface area contributed by atoms with E-state index in [1.54, 1.807) is 12.2 Å². The van der Waals surface area contributed by atoms with Crippen LogP contribution in [0.3, 0.4) is 0 Å². The van der Waals surface area contributed by atoms with Crippen LogP contribution in [-0.2, 0) is 46.6 Å². The van der Waals surface area contributed by atoms with Gasteiger partial charge in [-0.25, -0.2) is 9.13 Å². The fourth-order valence-corrected chi connectivity index (χ4v) is 7.98. The van der Waals surface area contributed by atoms with Crippen LogP contribution in [0, 0.1) is 0 Å². The van der Waals surface area contributed by atoms with Gasteiger partial charge in [-0.2, -0.15) is 0 Å². The Balaban J connectivity index is 2.72. The summed E-state index contributed by atoms with van der Waals surface area (Å²) in [5.74, 6) is -1.71. The van der Waals surface area contributed by atoms with Crippen molar-refractivity contribution in [2.75, 3.05) is 13.2 Å². The van der Waals surface area contributed by atoms with E-state index in [-0.39, 0.29) is 31.5 Å². The molecule has 0 aromatic rings. The number of unbranched alkanes of at least 4 members (excludes halogenated alkanes) is 12. The van der Waals surface area contributed by atoms with Crippen LogP contribution >= 0.6 is 15.6 Å². The van der Waals surface area contributed by atoms with E-state index >= 15 is 0 Å². The lowest BCUT2D eigenvalue weighted by atomic mass is 9.85. The topological polar surface area (TPSA) is 273 Å². The van der Waals surface area contributed by atoms with Crippen molar-refractivity contribution in [2.45, 2.75) is 191 Å². The Morgan fingerprint density at radius 3 is 1.70 bits per heavy atom. The Hall–Kier alpha value is -2.63. The number of phosphoric acid groups is 2. The van der Waals surface area contributed by atoms with Crippen LogP contribution in [0.2, 0.25) is 0 Å².